The molecule has 19 heavy (non-hydrogen) atoms. The molecule has 0 bridgehead atoms. The quantitative estimate of drug-likeness (QED) is 0.615. The molecule has 6 nitrogen and oxygen atoms in total. The molecule has 0 radical (unpaired) electrons. The smallest absolute Gasteiger partial charge is 0.200 e. The molecular formula is C13H12N4O2. The van der Waals surface area contributed by atoms with Crippen LogP contribution in [-0.2, 0) is 10.3 Å². The fraction of sp³-hybridized carbons (Fsp3) is 0.231. The third-order valence-corrected chi connectivity index (χ3v) is 2.74. The van der Waals surface area contributed by atoms with E-state index in [0.29, 0.717) is 5.76 Å². The zero-order valence-corrected chi connectivity index (χ0v) is 10.6. The van der Waals surface area contributed by atoms with Crippen molar-refractivity contribution in [1.82, 2.24) is 14.8 Å². The topological polar surface area (TPSA) is 84.7 Å². The van der Waals surface area contributed by atoms with Crippen LogP contribution in [0.25, 0.3) is 6.08 Å². The van der Waals surface area contributed by atoms with E-state index >= 15 is 0 Å². The van der Waals surface area contributed by atoms with Crippen molar-refractivity contribution in [3.8, 4) is 6.07 Å². The third-order valence-electron chi connectivity index (χ3n) is 2.74. The standard InChI is InChI=1S/C13H12N4O2/c1-13(2,17-9-15-8-16-17)12(18)10(7-14)6-11-4-3-5-19-11/h3-6,8-9H,1-2H3. The first-order valence-electron chi connectivity index (χ1n) is 5.61. The molecule has 2 heterocycles. The summed E-state index contributed by atoms with van der Waals surface area (Å²) in [6, 6.07) is 5.26. The summed E-state index contributed by atoms with van der Waals surface area (Å²) in [5, 5.41) is 13.1. The van der Waals surface area contributed by atoms with E-state index in [0.717, 1.165) is 0 Å². The van der Waals surface area contributed by atoms with E-state index in [1.54, 1.807) is 26.0 Å². The Morgan fingerprint density at radius 1 is 1.58 bits per heavy atom. The molecule has 0 saturated heterocycles. The first kappa shape index (κ1) is 12.8. The number of aromatic nitrogens is 3. The Kier molecular flexibility index (Phi) is 3.29. The molecular weight excluding hydrogens is 244 g/mol. The number of ketones is 1. The number of furan rings is 1. The highest BCUT2D eigenvalue weighted by Crippen LogP contribution is 2.20. The van der Waals surface area contributed by atoms with E-state index < -0.39 is 5.54 Å². The predicted molar refractivity (Wildman–Crippen MR) is 66.6 cm³/mol. The van der Waals surface area contributed by atoms with Gasteiger partial charge in [-0.05, 0) is 26.0 Å². The van der Waals surface area contributed by atoms with Gasteiger partial charge < -0.3 is 4.42 Å². The number of hydrogen-bond donors (Lipinski definition) is 0. The lowest BCUT2D eigenvalue weighted by molar-refractivity contribution is -0.122. The summed E-state index contributed by atoms with van der Waals surface area (Å²) >= 11 is 0. The van der Waals surface area contributed by atoms with Gasteiger partial charge in [0.25, 0.3) is 0 Å². The molecule has 0 N–H and O–H groups in total. The van der Waals surface area contributed by atoms with Crippen LogP contribution in [0.3, 0.4) is 0 Å². The van der Waals surface area contributed by atoms with Crippen LogP contribution in [0.15, 0.2) is 41.0 Å². The maximum atomic E-state index is 12.4. The van der Waals surface area contributed by atoms with Gasteiger partial charge in [0, 0.05) is 6.08 Å². The summed E-state index contributed by atoms with van der Waals surface area (Å²) in [6.07, 6.45) is 5.69. The van der Waals surface area contributed by atoms with E-state index in [1.807, 2.05) is 6.07 Å². The first-order valence-corrected chi connectivity index (χ1v) is 5.61. The molecule has 96 valence electrons. The van der Waals surface area contributed by atoms with E-state index in [9.17, 15) is 4.79 Å². The fourth-order valence-corrected chi connectivity index (χ4v) is 1.59. The molecule has 0 aromatic carbocycles. The van der Waals surface area contributed by atoms with Crippen LogP contribution in [0.2, 0.25) is 0 Å². The van der Waals surface area contributed by atoms with Gasteiger partial charge in [0.2, 0.25) is 5.78 Å². The maximum absolute atomic E-state index is 12.4. The highest BCUT2D eigenvalue weighted by molar-refractivity contribution is 6.07. The fourth-order valence-electron chi connectivity index (χ4n) is 1.59. The largest absolute Gasteiger partial charge is 0.465 e. The van der Waals surface area contributed by atoms with Gasteiger partial charge >= 0.3 is 0 Å². The Balaban J connectivity index is 2.35. The van der Waals surface area contributed by atoms with Gasteiger partial charge in [-0.25, -0.2) is 9.67 Å². The van der Waals surface area contributed by atoms with Gasteiger partial charge in [0.05, 0.1) is 6.26 Å². The average molecular weight is 256 g/mol. The van der Waals surface area contributed by atoms with Gasteiger partial charge in [0.1, 0.15) is 35.6 Å². The molecule has 0 spiro atoms. The molecule has 2 rings (SSSR count). The minimum atomic E-state index is -0.981. The molecule has 0 atom stereocenters. The normalized spacial score (nSPS) is 12.2. The van der Waals surface area contributed by atoms with Gasteiger partial charge in [-0.1, -0.05) is 0 Å². The minimum Gasteiger partial charge on any atom is -0.465 e. The molecule has 2 aromatic rings. The highest BCUT2D eigenvalue weighted by atomic mass is 16.3. The minimum absolute atomic E-state index is 0.00968. The van der Waals surface area contributed by atoms with Crippen molar-refractivity contribution >= 4 is 11.9 Å². The lowest BCUT2D eigenvalue weighted by Crippen LogP contribution is -2.37. The second-order valence-corrected chi connectivity index (χ2v) is 4.41. The van der Waals surface area contributed by atoms with Gasteiger partial charge in [0.15, 0.2) is 0 Å². The summed E-state index contributed by atoms with van der Waals surface area (Å²) in [4.78, 5) is 16.2. The second-order valence-electron chi connectivity index (χ2n) is 4.41. The van der Waals surface area contributed by atoms with Crippen LogP contribution in [0.4, 0.5) is 0 Å². The molecule has 0 saturated carbocycles. The lowest BCUT2D eigenvalue weighted by atomic mass is 9.93. The van der Waals surface area contributed by atoms with Gasteiger partial charge in [-0.3, -0.25) is 4.79 Å². The zero-order chi connectivity index (χ0) is 13.9. The monoisotopic (exact) mass is 256 g/mol. The number of hydrogen-bond acceptors (Lipinski definition) is 5. The SMILES string of the molecule is CC(C)(C(=O)C(C#N)=Cc1ccco1)n1cncn1. The molecule has 0 fully saturated rings. The summed E-state index contributed by atoms with van der Waals surface area (Å²) in [5.41, 5.74) is -0.972. The predicted octanol–water partition coefficient (Wildman–Crippen LogP) is 1.78. The van der Waals surface area contributed by atoms with Gasteiger partial charge in [-0.2, -0.15) is 10.4 Å². The van der Waals surface area contributed by atoms with Crippen LogP contribution < -0.4 is 0 Å². The zero-order valence-electron chi connectivity index (χ0n) is 10.6. The first-order chi connectivity index (χ1) is 9.05. The summed E-state index contributed by atoms with van der Waals surface area (Å²) < 4.78 is 6.52. The average Bonchev–Trinajstić information content (AvgIpc) is 3.07. The Morgan fingerprint density at radius 2 is 2.37 bits per heavy atom. The van der Waals surface area contributed by atoms with Crippen LogP contribution >= 0.6 is 0 Å². The van der Waals surface area contributed by atoms with Crippen molar-refractivity contribution in [3.63, 3.8) is 0 Å². The summed E-state index contributed by atoms with van der Waals surface area (Å²) in [5.74, 6) is 0.108. The summed E-state index contributed by atoms with van der Waals surface area (Å²) in [6.45, 7) is 3.36. The van der Waals surface area contributed by atoms with E-state index in [-0.39, 0.29) is 11.4 Å². The highest BCUT2D eigenvalue weighted by Gasteiger charge is 2.33. The van der Waals surface area contributed by atoms with E-state index in [4.69, 9.17) is 9.68 Å². The van der Waals surface area contributed by atoms with Crippen molar-refractivity contribution in [2.45, 2.75) is 19.4 Å². The van der Waals surface area contributed by atoms with Crippen molar-refractivity contribution in [2.24, 2.45) is 0 Å². The summed E-state index contributed by atoms with van der Waals surface area (Å²) in [7, 11) is 0. The molecule has 0 unspecified atom stereocenters. The number of Topliss-reactive ketones (excluding diaryl/α,β-unsaturated/α-hetero) is 1. The van der Waals surface area contributed by atoms with Gasteiger partial charge in [-0.15, -0.1) is 0 Å². The Morgan fingerprint density at radius 3 is 2.89 bits per heavy atom. The van der Waals surface area contributed by atoms with E-state index in [1.165, 1.54) is 29.7 Å². The Hall–Kier alpha value is -2.68. The number of carbonyl (C=O) groups excluding carboxylic acids is 1. The molecule has 0 aliphatic heterocycles. The Bertz CT molecular complexity index is 631. The second kappa shape index (κ2) is 4.90. The number of carbonyl (C=O) groups is 1. The molecule has 0 aliphatic carbocycles. The van der Waals surface area contributed by atoms with E-state index in [2.05, 4.69) is 10.1 Å². The number of nitriles is 1. The molecule has 0 amide bonds. The van der Waals surface area contributed by atoms with Crippen LogP contribution in [0, 0.1) is 11.3 Å². The Labute approximate surface area is 110 Å². The van der Waals surface area contributed by atoms with Crippen molar-refractivity contribution < 1.29 is 9.21 Å². The molecule has 0 aliphatic rings. The third kappa shape index (κ3) is 2.45. The van der Waals surface area contributed by atoms with Crippen LogP contribution in [-0.4, -0.2) is 20.5 Å². The van der Waals surface area contributed by atoms with Crippen LogP contribution in [0.1, 0.15) is 19.6 Å². The maximum Gasteiger partial charge on any atom is 0.200 e. The number of nitrogens with zero attached hydrogens (tertiary/aromatic N) is 4. The van der Waals surface area contributed by atoms with Crippen molar-refractivity contribution in [1.29, 1.82) is 5.26 Å². The molecule has 2 aromatic heterocycles. The number of allylic oxidation sites excluding steroid dienone is 1. The lowest BCUT2D eigenvalue weighted by Gasteiger charge is -2.22. The van der Waals surface area contributed by atoms with Crippen molar-refractivity contribution in [2.75, 3.05) is 0 Å². The molecule has 6 heteroatoms. The van der Waals surface area contributed by atoms with Crippen molar-refractivity contribution in [3.05, 3.63) is 42.4 Å². The number of rotatable bonds is 4. The van der Waals surface area contributed by atoms with Crippen LogP contribution in [0.5, 0.6) is 0 Å².